The fourth-order valence-electron chi connectivity index (χ4n) is 2.25. The van der Waals surface area contributed by atoms with Crippen LogP contribution in [0.3, 0.4) is 0 Å². The molecule has 0 radical (unpaired) electrons. The molecule has 0 aliphatic rings. The Labute approximate surface area is 122 Å². The van der Waals surface area contributed by atoms with Crippen molar-refractivity contribution in [2.75, 3.05) is 18.9 Å². The van der Waals surface area contributed by atoms with Crippen molar-refractivity contribution in [3.8, 4) is 0 Å². The lowest BCUT2D eigenvalue weighted by molar-refractivity contribution is -0.143. The van der Waals surface area contributed by atoms with Gasteiger partial charge in [0.1, 0.15) is 17.9 Å². The minimum Gasteiger partial charge on any atom is -0.465 e. The van der Waals surface area contributed by atoms with Gasteiger partial charge in [0.05, 0.1) is 18.7 Å². The summed E-state index contributed by atoms with van der Waals surface area (Å²) in [5.74, 6) is -0.683. The van der Waals surface area contributed by atoms with Crippen LogP contribution in [-0.4, -0.2) is 29.7 Å². The van der Waals surface area contributed by atoms with Gasteiger partial charge in [-0.25, -0.2) is 4.79 Å². The Morgan fingerprint density at radius 3 is 2.48 bits per heavy atom. The Bertz CT molecular complexity index is 676. The fourth-order valence-corrected chi connectivity index (χ4v) is 2.25. The molecule has 1 aromatic heterocycles. The lowest BCUT2D eigenvalue weighted by atomic mass is 10.1. The number of rotatable bonds is 5. The van der Waals surface area contributed by atoms with Crippen LogP contribution in [0.1, 0.15) is 24.2 Å². The second-order valence-electron chi connectivity index (χ2n) is 4.39. The summed E-state index contributed by atoms with van der Waals surface area (Å²) in [7, 11) is 0. The molecule has 1 heterocycles. The third-order valence-electron chi connectivity index (χ3n) is 3.08. The molecule has 0 spiro atoms. The molecule has 2 N–H and O–H groups in total. The maximum atomic E-state index is 12.1. The van der Waals surface area contributed by atoms with Gasteiger partial charge < -0.3 is 19.8 Å². The normalized spacial score (nSPS) is 10.6. The summed E-state index contributed by atoms with van der Waals surface area (Å²) in [5.41, 5.74) is 7.03. The number of ether oxygens (including phenoxy) is 2. The zero-order chi connectivity index (χ0) is 15.4. The van der Waals surface area contributed by atoms with Crippen LogP contribution in [0.4, 0.5) is 5.82 Å². The first-order valence-electron chi connectivity index (χ1n) is 6.79. The lowest BCUT2D eigenvalue weighted by Gasteiger charge is -2.07. The van der Waals surface area contributed by atoms with E-state index in [4.69, 9.17) is 15.2 Å². The molecule has 2 rings (SSSR count). The Morgan fingerprint density at radius 2 is 1.81 bits per heavy atom. The first-order chi connectivity index (χ1) is 10.1. The maximum Gasteiger partial charge on any atom is 0.342 e. The van der Waals surface area contributed by atoms with Crippen molar-refractivity contribution in [3.63, 3.8) is 0 Å². The van der Waals surface area contributed by atoms with E-state index < -0.39 is 11.9 Å². The molecular weight excluding hydrogens is 272 g/mol. The minimum absolute atomic E-state index is 0.0421. The Balaban J connectivity index is 2.53. The summed E-state index contributed by atoms with van der Waals surface area (Å²) in [6, 6.07) is 7.20. The number of carbonyl (C=O) groups excluding carboxylic acids is 2. The number of nitrogens with two attached hydrogens (primary N) is 1. The molecule has 6 nitrogen and oxygen atoms in total. The van der Waals surface area contributed by atoms with Crippen LogP contribution in [0, 0.1) is 0 Å². The summed E-state index contributed by atoms with van der Waals surface area (Å²) in [4.78, 5) is 23.8. The van der Waals surface area contributed by atoms with E-state index in [0.717, 1.165) is 0 Å². The number of para-hydroxylation sites is 1. The molecule has 21 heavy (non-hydrogen) atoms. The van der Waals surface area contributed by atoms with Crippen LogP contribution in [0.5, 0.6) is 0 Å². The number of esters is 2. The molecule has 0 saturated heterocycles. The van der Waals surface area contributed by atoms with Crippen molar-refractivity contribution in [1.82, 2.24) is 4.57 Å². The van der Waals surface area contributed by atoms with Crippen molar-refractivity contribution in [1.29, 1.82) is 0 Å². The molecule has 6 heteroatoms. The van der Waals surface area contributed by atoms with E-state index in [-0.39, 0.29) is 24.5 Å². The predicted octanol–water partition coefficient (Wildman–Crippen LogP) is 1.96. The zero-order valence-corrected chi connectivity index (χ0v) is 12.1. The first-order valence-corrected chi connectivity index (χ1v) is 6.79. The van der Waals surface area contributed by atoms with Crippen LogP contribution >= 0.6 is 0 Å². The van der Waals surface area contributed by atoms with Crippen molar-refractivity contribution in [2.45, 2.75) is 20.4 Å². The highest BCUT2D eigenvalue weighted by Crippen LogP contribution is 2.29. The number of aromatic nitrogens is 1. The molecule has 2 aromatic rings. The second-order valence-corrected chi connectivity index (χ2v) is 4.39. The quantitative estimate of drug-likeness (QED) is 0.851. The predicted molar refractivity (Wildman–Crippen MR) is 78.9 cm³/mol. The van der Waals surface area contributed by atoms with Gasteiger partial charge in [0.25, 0.3) is 0 Å². The van der Waals surface area contributed by atoms with Crippen LogP contribution in [0.25, 0.3) is 10.9 Å². The molecule has 0 bridgehead atoms. The van der Waals surface area contributed by atoms with Gasteiger partial charge in [-0.05, 0) is 19.9 Å². The van der Waals surface area contributed by atoms with Crippen molar-refractivity contribution >= 4 is 28.7 Å². The highest BCUT2D eigenvalue weighted by Gasteiger charge is 2.22. The molecule has 112 valence electrons. The molecule has 0 amide bonds. The van der Waals surface area contributed by atoms with E-state index in [1.165, 1.54) is 0 Å². The van der Waals surface area contributed by atoms with Gasteiger partial charge >= 0.3 is 11.9 Å². The van der Waals surface area contributed by atoms with Crippen LogP contribution in [0.15, 0.2) is 24.3 Å². The minimum atomic E-state index is -0.492. The molecule has 0 aliphatic carbocycles. The average Bonchev–Trinajstić information content (AvgIpc) is 2.72. The van der Waals surface area contributed by atoms with Crippen molar-refractivity contribution < 1.29 is 19.1 Å². The van der Waals surface area contributed by atoms with Crippen LogP contribution in [0.2, 0.25) is 0 Å². The molecule has 1 aromatic carbocycles. The van der Waals surface area contributed by atoms with Gasteiger partial charge in [-0.1, -0.05) is 18.2 Å². The van der Waals surface area contributed by atoms with Crippen LogP contribution < -0.4 is 5.73 Å². The highest BCUT2D eigenvalue weighted by atomic mass is 16.5. The van der Waals surface area contributed by atoms with Gasteiger partial charge in [0, 0.05) is 5.39 Å². The number of nitrogen functional groups attached to an aromatic ring is 1. The Morgan fingerprint density at radius 1 is 1.14 bits per heavy atom. The zero-order valence-electron chi connectivity index (χ0n) is 12.1. The maximum absolute atomic E-state index is 12.1. The Kier molecular flexibility index (Phi) is 4.47. The van der Waals surface area contributed by atoms with Crippen molar-refractivity contribution in [3.05, 3.63) is 29.8 Å². The van der Waals surface area contributed by atoms with E-state index in [9.17, 15) is 9.59 Å². The molecule has 0 saturated carbocycles. The number of carbonyl (C=O) groups is 2. The van der Waals surface area contributed by atoms with E-state index in [2.05, 4.69) is 0 Å². The number of anilines is 1. The summed E-state index contributed by atoms with van der Waals surface area (Å²) in [6.07, 6.45) is 0. The SMILES string of the molecule is CCOC(=O)Cn1c(N)c(C(=O)OCC)c2ccccc21. The van der Waals surface area contributed by atoms with Gasteiger partial charge in [-0.2, -0.15) is 0 Å². The largest absolute Gasteiger partial charge is 0.465 e. The Hall–Kier alpha value is -2.50. The topological polar surface area (TPSA) is 83.5 Å². The van der Waals surface area contributed by atoms with Crippen molar-refractivity contribution in [2.24, 2.45) is 0 Å². The monoisotopic (exact) mass is 290 g/mol. The van der Waals surface area contributed by atoms with Gasteiger partial charge in [-0.3, -0.25) is 4.79 Å². The smallest absolute Gasteiger partial charge is 0.342 e. The lowest BCUT2D eigenvalue weighted by Crippen LogP contribution is -2.16. The number of hydrogen-bond donors (Lipinski definition) is 1. The summed E-state index contributed by atoms with van der Waals surface area (Å²) in [6.45, 7) is 3.98. The summed E-state index contributed by atoms with van der Waals surface area (Å²) < 4.78 is 11.5. The van der Waals surface area contributed by atoms with E-state index in [1.54, 1.807) is 36.6 Å². The standard InChI is InChI=1S/C15H18N2O4/c1-3-20-12(18)9-17-11-8-6-5-7-10(11)13(14(17)16)15(19)21-4-2/h5-8H,3-4,9,16H2,1-2H3. The summed E-state index contributed by atoms with van der Waals surface area (Å²) >= 11 is 0. The van der Waals surface area contributed by atoms with Gasteiger partial charge in [-0.15, -0.1) is 0 Å². The van der Waals surface area contributed by atoms with Gasteiger partial charge in [0.2, 0.25) is 0 Å². The highest BCUT2D eigenvalue weighted by molar-refractivity contribution is 6.09. The number of nitrogens with zero attached hydrogens (tertiary/aromatic N) is 1. The van der Waals surface area contributed by atoms with Gasteiger partial charge in [0.15, 0.2) is 0 Å². The second kappa shape index (κ2) is 6.30. The van der Waals surface area contributed by atoms with E-state index in [0.29, 0.717) is 17.5 Å². The van der Waals surface area contributed by atoms with E-state index >= 15 is 0 Å². The number of benzene rings is 1. The third kappa shape index (κ3) is 2.84. The molecule has 0 unspecified atom stereocenters. The summed E-state index contributed by atoms with van der Waals surface area (Å²) in [5, 5.41) is 0.665. The molecule has 0 atom stereocenters. The fraction of sp³-hybridized carbons (Fsp3) is 0.333. The van der Waals surface area contributed by atoms with Crippen LogP contribution in [-0.2, 0) is 20.8 Å². The molecular formula is C15H18N2O4. The average molecular weight is 290 g/mol. The van der Waals surface area contributed by atoms with E-state index in [1.807, 2.05) is 6.07 Å². The molecule has 0 aliphatic heterocycles. The first kappa shape index (κ1) is 14.9. The number of hydrogen-bond acceptors (Lipinski definition) is 5. The molecule has 0 fully saturated rings. The third-order valence-corrected chi connectivity index (χ3v) is 3.08. The number of fused-ring (bicyclic) bond motifs is 1.